The Kier molecular flexibility index (Phi) is 9.83. The minimum atomic E-state index is -0.0591. The lowest BCUT2D eigenvalue weighted by molar-refractivity contribution is -0.127. The molecule has 3 aromatic rings. The molecular weight excluding hydrogens is 519 g/mol. The molecule has 32 heavy (non-hydrogen) atoms. The number of para-hydroxylation sites is 1. The van der Waals surface area contributed by atoms with E-state index in [0.717, 1.165) is 34.5 Å². The molecule has 0 saturated carbocycles. The van der Waals surface area contributed by atoms with Gasteiger partial charge in [0, 0.05) is 31.6 Å². The zero-order chi connectivity index (χ0) is 22.2. The third-order valence-corrected chi connectivity index (χ3v) is 5.10. The van der Waals surface area contributed by atoms with Crippen LogP contribution in [-0.4, -0.2) is 51.1 Å². The van der Waals surface area contributed by atoms with Crippen LogP contribution in [-0.2, 0) is 17.8 Å². The Morgan fingerprint density at radius 3 is 2.47 bits per heavy atom. The molecule has 1 aromatic heterocycles. The number of carbonyl (C=O) groups excluding carboxylic acids is 1. The Morgan fingerprint density at radius 1 is 1.09 bits per heavy atom. The molecule has 2 aromatic carbocycles. The highest BCUT2D eigenvalue weighted by molar-refractivity contribution is 14.0. The molecule has 0 atom stereocenters. The van der Waals surface area contributed by atoms with Gasteiger partial charge in [0.25, 0.3) is 0 Å². The molecule has 0 aliphatic rings. The van der Waals surface area contributed by atoms with E-state index in [-0.39, 0.29) is 36.4 Å². The summed E-state index contributed by atoms with van der Waals surface area (Å²) in [7, 11) is 5.10. The van der Waals surface area contributed by atoms with Crippen LogP contribution in [0.1, 0.15) is 16.9 Å². The Hall–Kier alpha value is -2.75. The van der Waals surface area contributed by atoms with E-state index in [1.165, 1.54) is 10.5 Å². The number of furan rings is 1. The van der Waals surface area contributed by atoms with Crippen molar-refractivity contribution in [1.29, 1.82) is 0 Å². The predicted octanol–water partition coefficient (Wildman–Crippen LogP) is 3.73. The molecule has 0 aliphatic heterocycles. The number of guanidine groups is 1. The molecule has 172 valence electrons. The van der Waals surface area contributed by atoms with Gasteiger partial charge in [-0.3, -0.25) is 4.79 Å². The van der Waals surface area contributed by atoms with Crippen molar-refractivity contribution in [2.24, 2.45) is 4.99 Å². The molecule has 3 rings (SSSR count). The average molecular weight is 550 g/mol. The minimum absolute atomic E-state index is 0. The first kappa shape index (κ1) is 25.5. The van der Waals surface area contributed by atoms with Crippen LogP contribution in [0.5, 0.6) is 5.75 Å². The van der Waals surface area contributed by atoms with Crippen LogP contribution < -0.4 is 15.4 Å². The van der Waals surface area contributed by atoms with Crippen LogP contribution >= 0.6 is 24.0 Å². The number of aryl methyl sites for hydroxylation is 1. The van der Waals surface area contributed by atoms with Gasteiger partial charge in [0.1, 0.15) is 23.6 Å². The Bertz CT molecular complexity index is 1050. The normalized spacial score (nSPS) is 11.1. The number of benzene rings is 2. The molecule has 0 saturated heterocycles. The lowest BCUT2D eigenvalue weighted by atomic mass is 10.1. The number of aliphatic imine (C=N–C) groups is 1. The summed E-state index contributed by atoms with van der Waals surface area (Å²) in [6, 6.07) is 16.0. The van der Waals surface area contributed by atoms with E-state index in [4.69, 9.17) is 9.15 Å². The van der Waals surface area contributed by atoms with E-state index in [1.54, 1.807) is 21.2 Å². The SMILES string of the molecule is COc1ccc(CCNC(=NCC(=O)N(C)C)NCc2oc3ccccc3c2C)cc1.I. The number of halogens is 1. The van der Waals surface area contributed by atoms with E-state index in [1.807, 2.05) is 49.4 Å². The highest BCUT2D eigenvalue weighted by Gasteiger charge is 2.11. The summed E-state index contributed by atoms with van der Waals surface area (Å²) in [5.41, 5.74) is 3.15. The summed E-state index contributed by atoms with van der Waals surface area (Å²) in [5, 5.41) is 7.71. The van der Waals surface area contributed by atoms with Crippen LogP contribution in [0, 0.1) is 6.92 Å². The summed E-state index contributed by atoms with van der Waals surface area (Å²) in [4.78, 5) is 18.0. The zero-order valence-corrected chi connectivity index (χ0v) is 21.3. The summed E-state index contributed by atoms with van der Waals surface area (Å²) in [6.07, 6.45) is 0.815. The molecule has 1 amide bonds. The van der Waals surface area contributed by atoms with E-state index >= 15 is 0 Å². The van der Waals surface area contributed by atoms with Crippen LogP contribution in [0.2, 0.25) is 0 Å². The quantitative estimate of drug-likeness (QED) is 0.254. The fourth-order valence-corrected chi connectivity index (χ4v) is 3.14. The van der Waals surface area contributed by atoms with Crippen molar-refractivity contribution in [3.8, 4) is 5.75 Å². The number of carbonyl (C=O) groups is 1. The van der Waals surface area contributed by atoms with Crippen molar-refractivity contribution >= 4 is 46.8 Å². The molecule has 7 nitrogen and oxygen atoms in total. The second-order valence-corrected chi connectivity index (χ2v) is 7.48. The molecule has 0 spiro atoms. The van der Waals surface area contributed by atoms with Crippen molar-refractivity contribution in [1.82, 2.24) is 15.5 Å². The van der Waals surface area contributed by atoms with Crippen LogP contribution in [0.3, 0.4) is 0 Å². The lowest BCUT2D eigenvalue weighted by Crippen LogP contribution is -2.39. The third-order valence-electron chi connectivity index (χ3n) is 5.10. The molecule has 0 fully saturated rings. The fourth-order valence-electron chi connectivity index (χ4n) is 3.14. The standard InChI is InChI=1S/C24H30N4O3.HI/c1-17-20-7-5-6-8-21(20)31-22(17)15-26-24(27-16-23(29)28(2)3)25-14-13-18-9-11-19(30-4)12-10-18;/h5-12H,13-16H2,1-4H3,(H2,25,26,27);1H. The number of nitrogens with one attached hydrogen (secondary N) is 2. The first-order chi connectivity index (χ1) is 15.0. The maximum atomic E-state index is 12.0. The summed E-state index contributed by atoms with van der Waals surface area (Å²) in [5.74, 6) is 2.20. The predicted molar refractivity (Wildman–Crippen MR) is 139 cm³/mol. The maximum Gasteiger partial charge on any atom is 0.243 e. The van der Waals surface area contributed by atoms with Crippen molar-refractivity contribution in [3.05, 3.63) is 65.4 Å². The maximum absolute atomic E-state index is 12.0. The highest BCUT2D eigenvalue weighted by Crippen LogP contribution is 2.24. The van der Waals surface area contributed by atoms with Crippen molar-refractivity contribution in [2.75, 3.05) is 34.3 Å². The Labute approximate surface area is 206 Å². The first-order valence-corrected chi connectivity index (χ1v) is 10.3. The van der Waals surface area contributed by atoms with E-state index < -0.39 is 0 Å². The van der Waals surface area contributed by atoms with Gasteiger partial charge in [-0.25, -0.2) is 4.99 Å². The van der Waals surface area contributed by atoms with Gasteiger partial charge in [0.2, 0.25) is 5.91 Å². The largest absolute Gasteiger partial charge is 0.497 e. The van der Waals surface area contributed by atoms with Gasteiger partial charge >= 0.3 is 0 Å². The molecule has 8 heteroatoms. The molecule has 0 unspecified atom stereocenters. The van der Waals surface area contributed by atoms with E-state index in [9.17, 15) is 4.79 Å². The van der Waals surface area contributed by atoms with Gasteiger partial charge in [-0.05, 0) is 37.1 Å². The minimum Gasteiger partial charge on any atom is -0.497 e. The topological polar surface area (TPSA) is 79.1 Å². The second-order valence-electron chi connectivity index (χ2n) is 7.48. The van der Waals surface area contributed by atoms with Gasteiger partial charge in [0.05, 0.1) is 13.7 Å². The smallest absolute Gasteiger partial charge is 0.243 e. The number of likely N-dealkylation sites (N-methyl/N-ethyl adjacent to an activating group) is 1. The Morgan fingerprint density at radius 2 is 1.81 bits per heavy atom. The number of amides is 1. The van der Waals surface area contributed by atoms with Crippen molar-refractivity contribution < 1.29 is 13.9 Å². The summed E-state index contributed by atoms with van der Waals surface area (Å²) < 4.78 is 11.2. The van der Waals surface area contributed by atoms with Crippen LogP contribution in [0.15, 0.2) is 57.9 Å². The van der Waals surface area contributed by atoms with Crippen molar-refractivity contribution in [2.45, 2.75) is 19.9 Å². The lowest BCUT2D eigenvalue weighted by Gasteiger charge is -2.13. The van der Waals surface area contributed by atoms with Crippen LogP contribution in [0.25, 0.3) is 11.0 Å². The number of methoxy groups -OCH3 is 1. The number of fused-ring (bicyclic) bond motifs is 1. The molecule has 0 radical (unpaired) electrons. The number of nitrogens with zero attached hydrogens (tertiary/aromatic N) is 2. The van der Waals surface area contributed by atoms with Gasteiger partial charge in [0.15, 0.2) is 5.96 Å². The number of ether oxygens (including phenoxy) is 1. The summed E-state index contributed by atoms with van der Waals surface area (Å²) >= 11 is 0. The number of hydrogen-bond acceptors (Lipinski definition) is 4. The van der Waals surface area contributed by atoms with Crippen LogP contribution in [0.4, 0.5) is 0 Å². The van der Waals surface area contributed by atoms with Crippen molar-refractivity contribution in [3.63, 3.8) is 0 Å². The molecule has 2 N–H and O–H groups in total. The zero-order valence-electron chi connectivity index (χ0n) is 19.0. The molecule has 1 heterocycles. The van der Waals surface area contributed by atoms with Gasteiger partial charge < -0.3 is 24.7 Å². The second kappa shape index (κ2) is 12.3. The van der Waals surface area contributed by atoms with Gasteiger partial charge in [-0.2, -0.15) is 0 Å². The number of rotatable bonds is 8. The van der Waals surface area contributed by atoms with Gasteiger partial charge in [-0.1, -0.05) is 30.3 Å². The first-order valence-electron chi connectivity index (χ1n) is 10.3. The molecular formula is C24H31IN4O3. The van der Waals surface area contributed by atoms with E-state index in [0.29, 0.717) is 19.0 Å². The van der Waals surface area contributed by atoms with E-state index in [2.05, 4.69) is 21.7 Å². The highest BCUT2D eigenvalue weighted by atomic mass is 127. The third kappa shape index (κ3) is 6.88. The Balaban J connectivity index is 0.00000363. The number of hydrogen-bond donors (Lipinski definition) is 2. The average Bonchev–Trinajstić information content (AvgIpc) is 3.11. The fraction of sp³-hybridized carbons (Fsp3) is 0.333. The monoisotopic (exact) mass is 550 g/mol. The molecule has 0 bridgehead atoms. The molecule has 0 aliphatic carbocycles. The summed E-state index contributed by atoms with van der Waals surface area (Å²) in [6.45, 7) is 3.27. The van der Waals surface area contributed by atoms with Gasteiger partial charge in [-0.15, -0.1) is 24.0 Å².